The van der Waals surface area contributed by atoms with Crippen LogP contribution >= 0.6 is 0 Å². The number of hydrogen-bond acceptors (Lipinski definition) is 3. The van der Waals surface area contributed by atoms with Crippen molar-refractivity contribution in [2.75, 3.05) is 5.32 Å². The summed E-state index contributed by atoms with van der Waals surface area (Å²) in [6.07, 6.45) is -3.31. The molecule has 4 rings (SSSR count). The molecule has 3 aromatic heterocycles. The Balaban J connectivity index is 1.63. The van der Waals surface area contributed by atoms with Gasteiger partial charge in [0.25, 0.3) is 5.91 Å². The average molecular weight is 385 g/mol. The largest absolute Gasteiger partial charge is 0.420 e. The number of carbonyl (C=O) groups is 1. The maximum absolute atomic E-state index is 13.2. The minimum Gasteiger partial charge on any atom is -0.339 e. The Bertz CT molecular complexity index is 1160. The molecule has 1 aromatic carbocycles. The number of nitrogens with one attached hydrogen (secondary N) is 3. The first kappa shape index (κ1) is 17.8. The van der Waals surface area contributed by atoms with E-state index in [1.54, 1.807) is 6.07 Å². The summed E-state index contributed by atoms with van der Waals surface area (Å²) in [6.45, 7) is 1.21. The number of nitrogens with zero attached hydrogens (tertiary/aromatic N) is 2. The van der Waals surface area contributed by atoms with Gasteiger partial charge < -0.3 is 10.3 Å². The summed E-state index contributed by atoms with van der Waals surface area (Å²) in [5.74, 6) is -0.961. The number of alkyl halides is 3. The Morgan fingerprint density at radius 3 is 2.61 bits per heavy atom. The molecular weight excluding hydrogens is 371 g/mol. The van der Waals surface area contributed by atoms with Crippen molar-refractivity contribution >= 4 is 22.6 Å². The lowest BCUT2D eigenvalue weighted by molar-refractivity contribution is -0.138. The fourth-order valence-corrected chi connectivity index (χ4v) is 2.99. The van der Waals surface area contributed by atoms with E-state index in [1.807, 2.05) is 36.4 Å². The first-order valence-electron chi connectivity index (χ1n) is 8.30. The highest BCUT2D eigenvalue weighted by Gasteiger charge is 2.39. The highest BCUT2D eigenvalue weighted by Crippen LogP contribution is 2.33. The minimum atomic E-state index is -4.68. The van der Waals surface area contributed by atoms with Crippen molar-refractivity contribution in [1.29, 1.82) is 0 Å². The number of anilines is 1. The van der Waals surface area contributed by atoms with E-state index in [0.717, 1.165) is 11.3 Å². The second kappa shape index (κ2) is 6.52. The topological polar surface area (TPSA) is 86.5 Å². The fraction of sp³-hybridized carbons (Fsp3) is 0.105. The summed E-state index contributed by atoms with van der Waals surface area (Å²) in [5.41, 5.74) is 0.677. The SMILES string of the molecule is Cc1[nH]nc(C(=O)Nc2cnc3[nH]c(-c4ccccc4)cc3c2)c1C(F)(F)F. The average Bonchev–Trinajstić information content (AvgIpc) is 3.25. The third-order valence-electron chi connectivity index (χ3n) is 4.26. The molecule has 0 unspecified atom stereocenters. The molecule has 1 amide bonds. The molecule has 0 aliphatic rings. The minimum absolute atomic E-state index is 0.218. The van der Waals surface area contributed by atoms with Crippen LogP contribution in [0.3, 0.4) is 0 Å². The number of fused-ring (bicyclic) bond motifs is 1. The van der Waals surface area contributed by atoms with Gasteiger partial charge in [0, 0.05) is 16.8 Å². The van der Waals surface area contributed by atoms with Crippen LogP contribution in [0.4, 0.5) is 18.9 Å². The molecule has 9 heteroatoms. The molecule has 4 aromatic rings. The summed E-state index contributed by atoms with van der Waals surface area (Å²) in [7, 11) is 0. The second-order valence-corrected chi connectivity index (χ2v) is 6.23. The first-order valence-corrected chi connectivity index (χ1v) is 8.30. The van der Waals surface area contributed by atoms with Crippen LogP contribution in [0.1, 0.15) is 21.7 Å². The van der Waals surface area contributed by atoms with Gasteiger partial charge >= 0.3 is 6.18 Å². The monoisotopic (exact) mass is 385 g/mol. The predicted octanol–water partition coefficient (Wildman–Crippen LogP) is 4.53. The summed E-state index contributed by atoms with van der Waals surface area (Å²) < 4.78 is 39.5. The zero-order valence-electron chi connectivity index (χ0n) is 14.6. The van der Waals surface area contributed by atoms with Crippen LogP contribution in [-0.2, 0) is 6.18 Å². The molecule has 142 valence electrons. The molecule has 0 atom stereocenters. The van der Waals surface area contributed by atoms with Gasteiger partial charge in [0.15, 0.2) is 5.69 Å². The van der Waals surface area contributed by atoms with Crippen molar-refractivity contribution in [2.45, 2.75) is 13.1 Å². The molecule has 0 fully saturated rings. The Hall–Kier alpha value is -3.62. The van der Waals surface area contributed by atoms with Crippen molar-refractivity contribution in [3.05, 3.63) is 65.6 Å². The van der Waals surface area contributed by atoms with Crippen molar-refractivity contribution in [2.24, 2.45) is 0 Å². The summed E-state index contributed by atoms with van der Waals surface area (Å²) >= 11 is 0. The van der Waals surface area contributed by atoms with E-state index in [9.17, 15) is 18.0 Å². The molecule has 0 aliphatic carbocycles. The number of amides is 1. The summed E-state index contributed by atoms with van der Waals surface area (Å²) in [4.78, 5) is 19.7. The molecule has 0 spiro atoms. The molecule has 3 N–H and O–H groups in total. The Labute approximate surface area is 156 Å². The van der Waals surface area contributed by atoms with Gasteiger partial charge in [-0.1, -0.05) is 30.3 Å². The van der Waals surface area contributed by atoms with Crippen molar-refractivity contribution in [3.8, 4) is 11.3 Å². The van der Waals surface area contributed by atoms with Gasteiger partial charge in [-0.2, -0.15) is 18.3 Å². The van der Waals surface area contributed by atoms with Crippen LogP contribution in [0, 0.1) is 6.92 Å². The number of aryl methyl sites for hydroxylation is 1. The lowest BCUT2D eigenvalue weighted by atomic mass is 10.1. The number of aromatic nitrogens is 4. The third-order valence-corrected chi connectivity index (χ3v) is 4.26. The van der Waals surface area contributed by atoms with Gasteiger partial charge in [0.1, 0.15) is 11.2 Å². The smallest absolute Gasteiger partial charge is 0.339 e. The van der Waals surface area contributed by atoms with E-state index in [4.69, 9.17) is 0 Å². The van der Waals surface area contributed by atoms with Crippen LogP contribution in [0.5, 0.6) is 0 Å². The third kappa shape index (κ3) is 3.22. The van der Waals surface area contributed by atoms with Crippen LogP contribution in [-0.4, -0.2) is 26.1 Å². The molecule has 0 saturated heterocycles. The molecule has 28 heavy (non-hydrogen) atoms. The number of hydrogen-bond donors (Lipinski definition) is 3. The number of carbonyl (C=O) groups excluding carboxylic acids is 1. The Morgan fingerprint density at radius 2 is 1.89 bits per heavy atom. The predicted molar refractivity (Wildman–Crippen MR) is 97.8 cm³/mol. The van der Waals surface area contributed by atoms with E-state index in [1.165, 1.54) is 13.1 Å². The van der Waals surface area contributed by atoms with Gasteiger partial charge in [-0.25, -0.2) is 4.98 Å². The number of H-pyrrole nitrogens is 2. The molecule has 3 heterocycles. The van der Waals surface area contributed by atoms with E-state index < -0.39 is 23.3 Å². The quantitative estimate of drug-likeness (QED) is 0.484. The maximum Gasteiger partial charge on any atom is 0.420 e. The number of benzene rings is 1. The number of halogens is 3. The molecule has 0 aliphatic heterocycles. The van der Waals surface area contributed by atoms with Gasteiger partial charge in [0.2, 0.25) is 0 Å². The first-order chi connectivity index (χ1) is 13.3. The standard InChI is InChI=1S/C19H14F3N5O/c1-10-15(19(20,21)22)16(27-26-10)18(28)24-13-7-12-8-14(25-17(12)23-9-13)11-5-3-2-4-6-11/h2-9H,1H3,(H,23,25)(H,24,28)(H,26,27). The maximum atomic E-state index is 13.2. The second-order valence-electron chi connectivity index (χ2n) is 6.23. The molecule has 6 nitrogen and oxygen atoms in total. The van der Waals surface area contributed by atoms with Crippen LogP contribution < -0.4 is 5.32 Å². The molecule has 0 radical (unpaired) electrons. The highest BCUT2D eigenvalue weighted by molar-refractivity contribution is 6.04. The lowest BCUT2D eigenvalue weighted by Gasteiger charge is -2.08. The van der Waals surface area contributed by atoms with E-state index in [-0.39, 0.29) is 11.4 Å². The van der Waals surface area contributed by atoms with Crippen molar-refractivity contribution < 1.29 is 18.0 Å². The zero-order chi connectivity index (χ0) is 19.9. The van der Waals surface area contributed by atoms with Crippen molar-refractivity contribution in [1.82, 2.24) is 20.2 Å². The molecular formula is C19H14F3N5O. The van der Waals surface area contributed by atoms with Crippen LogP contribution in [0.25, 0.3) is 22.3 Å². The lowest BCUT2D eigenvalue weighted by Crippen LogP contribution is -2.18. The van der Waals surface area contributed by atoms with E-state index in [2.05, 4.69) is 25.5 Å². The van der Waals surface area contributed by atoms with Gasteiger partial charge in [-0.15, -0.1) is 0 Å². The van der Waals surface area contributed by atoms with Gasteiger partial charge in [-0.05, 0) is 24.6 Å². The van der Waals surface area contributed by atoms with Crippen molar-refractivity contribution in [3.63, 3.8) is 0 Å². The van der Waals surface area contributed by atoms with E-state index >= 15 is 0 Å². The number of rotatable bonds is 3. The Morgan fingerprint density at radius 1 is 1.14 bits per heavy atom. The Kier molecular flexibility index (Phi) is 4.14. The molecule has 0 bridgehead atoms. The molecule has 0 saturated carbocycles. The van der Waals surface area contributed by atoms with E-state index in [0.29, 0.717) is 11.0 Å². The summed E-state index contributed by atoms with van der Waals surface area (Å²) in [5, 5.41) is 8.85. The number of pyridine rings is 1. The number of aromatic amines is 2. The zero-order valence-corrected chi connectivity index (χ0v) is 14.6. The van der Waals surface area contributed by atoms with Crippen LogP contribution in [0.2, 0.25) is 0 Å². The normalized spacial score (nSPS) is 11.7. The fourth-order valence-electron chi connectivity index (χ4n) is 2.99. The van der Waals surface area contributed by atoms with Crippen LogP contribution in [0.15, 0.2) is 48.7 Å². The highest BCUT2D eigenvalue weighted by atomic mass is 19.4. The van der Waals surface area contributed by atoms with Gasteiger partial charge in [-0.3, -0.25) is 9.89 Å². The van der Waals surface area contributed by atoms with Gasteiger partial charge in [0.05, 0.1) is 11.9 Å². The summed E-state index contributed by atoms with van der Waals surface area (Å²) in [6, 6.07) is 13.1.